The van der Waals surface area contributed by atoms with Crippen LogP contribution in [0.3, 0.4) is 0 Å². The molecule has 1 N–H and O–H groups in total. The van der Waals surface area contributed by atoms with Gasteiger partial charge in [0, 0.05) is 46.3 Å². The predicted octanol–water partition coefficient (Wildman–Crippen LogP) is 4.73. The molecule has 1 unspecified atom stereocenters. The van der Waals surface area contributed by atoms with Crippen LogP contribution in [0, 0.1) is 0 Å². The first-order chi connectivity index (χ1) is 12.6. The van der Waals surface area contributed by atoms with Gasteiger partial charge in [0.2, 0.25) is 0 Å². The molecule has 1 atom stereocenters. The summed E-state index contributed by atoms with van der Waals surface area (Å²) in [6.45, 7) is 0. The Morgan fingerprint density at radius 1 is 1.12 bits per heavy atom. The van der Waals surface area contributed by atoms with Crippen molar-refractivity contribution in [3.8, 4) is 11.5 Å². The third-order valence-corrected chi connectivity index (χ3v) is 5.41. The summed E-state index contributed by atoms with van der Waals surface area (Å²) < 4.78 is 11.0. The first-order valence-corrected chi connectivity index (χ1v) is 9.00. The average molecular weight is 370 g/mol. The third kappa shape index (κ3) is 2.84. The van der Waals surface area contributed by atoms with Crippen LogP contribution in [0.2, 0.25) is 5.02 Å². The van der Waals surface area contributed by atoms with Crippen molar-refractivity contribution in [1.29, 1.82) is 0 Å². The molecule has 0 aromatic heterocycles. The first kappa shape index (κ1) is 17.0. The number of Topliss-reactive ketones (excluding diaryl/α,β-unsaturated/α-hetero) is 1. The van der Waals surface area contributed by atoms with Gasteiger partial charge in [0.15, 0.2) is 17.3 Å². The quantitative estimate of drug-likeness (QED) is 0.849. The van der Waals surface area contributed by atoms with Crippen molar-refractivity contribution in [1.82, 2.24) is 0 Å². The van der Waals surface area contributed by atoms with Crippen LogP contribution in [0.1, 0.15) is 29.9 Å². The van der Waals surface area contributed by atoms with Crippen LogP contribution in [0.5, 0.6) is 11.5 Å². The molecular formula is C21H20ClNO3. The number of hydrogen-bond acceptors (Lipinski definition) is 4. The number of halogens is 1. The molecule has 1 aliphatic carbocycles. The zero-order valence-electron chi connectivity index (χ0n) is 14.8. The standard InChI is InChI=1S/C21H20ClNO3/c1-25-20-5-3-4-15(21(20)26-2)12-10-18-16(19(24)11-12)9-13-8-14(22)6-7-17(13)23-18/h3-8,12,23H,9-11H2,1-2H3. The molecular weight excluding hydrogens is 350 g/mol. The summed E-state index contributed by atoms with van der Waals surface area (Å²) in [6.07, 6.45) is 1.88. The normalized spacial score (nSPS) is 18.7. The molecule has 1 heterocycles. The number of para-hydroxylation sites is 1. The van der Waals surface area contributed by atoms with Gasteiger partial charge in [0.25, 0.3) is 0 Å². The lowest BCUT2D eigenvalue weighted by atomic mass is 9.78. The molecule has 4 rings (SSSR count). The molecule has 134 valence electrons. The van der Waals surface area contributed by atoms with E-state index in [0.29, 0.717) is 29.4 Å². The number of ether oxygens (including phenoxy) is 2. The van der Waals surface area contributed by atoms with Crippen molar-refractivity contribution in [2.75, 3.05) is 19.5 Å². The number of anilines is 1. The van der Waals surface area contributed by atoms with Gasteiger partial charge in [-0.15, -0.1) is 0 Å². The smallest absolute Gasteiger partial charge is 0.164 e. The van der Waals surface area contributed by atoms with Gasteiger partial charge in [0.05, 0.1) is 14.2 Å². The molecule has 0 amide bonds. The van der Waals surface area contributed by atoms with Crippen LogP contribution in [-0.2, 0) is 11.2 Å². The minimum absolute atomic E-state index is 0.0626. The van der Waals surface area contributed by atoms with Crippen molar-refractivity contribution < 1.29 is 14.3 Å². The maximum absolute atomic E-state index is 12.9. The summed E-state index contributed by atoms with van der Waals surface area (Å²) in [5, 5.41) is 4.14. The molecule has 2 aromatic rings. The Balaban J connectivity index is 1.68. The fourth-order valence-electron chi connectivity index (χ4n) is 3.93. The van der Waals surface area contributed by atoms with E-state index in [4.69, 9.17) is 21.1 Å². The van der Waals surface area contributed by atoms with E-state index in [2.05, 4.69) is 5.32 Å². The van der Waals surface area contributed by atoms with E-state index in [0.717, 1.165) is 34.5 Å². The number of carbonyl (C=O) groups is 1. The van der Waals surface area contributed by atoms with Crippen molar-refractivity contribution in [2.45, 2.75) is 25.2 Å². The molecule has 2 aliphatic rings. The van der Waals surface area contributed by atoms with Gasteiger partial charge in [-0.3, -0.25) is 4.79 Å². The molecule has 0 saturated heterocycles. The number of ketones is 1. The zero-order chi connectivity index (χ0) is 18.3. The topological polar surface area (TPSA) is 47.6 Å². The van der Waals surface area contributed by atoms with Crippen molar-refractivity contribution in [2.24, 2.45) is 0 Å². The van der Waals surface area contributed by atoms with Gasteiger partial charge in [-0.1, -0.05) is 23.7 Å². The Bertz CT molecular complexity index is 919. The Hall–Kier alpha value is -2.46. The monoisotopic (exact) mass is 369 g/mol. The van der Waals surface area contributed by atoms with Crippen LogP contribution >= 0.6 is 11.6 Å². The van der Waals surface area contributed by atoms with Gasteiger partial charge >= 0.3 is 0 Å². The van der Waals surface area contributed by atoms with E-state index in [1.807, 2.05) is 36.4 Å². The highest BCUT2D eigenvalue weighted by atomic mass is 35.5. The lowest BCUT2D eigenvalue weighted by molar-refractivity contribution is -0.116. The minimum Gasteiger partial charge on any atom is -0.493 e. The van der Waals surface area contributed by atoms with Crippen molar-refractivity contribution in [3.05, 3.63) is 63.8 Å². The molecule has 4 nitrogen and oxygen atoms in total. The van der Waals surface area contributed by atoms with Gasteiger partial charge in [0.1, 0.15) is 0 Å². The lowest BCUT2D eigenvalue weighted by Crippen LogP contribution is -2.26. The van der Waals surface area contributed by atoms with E-state index in [-0.39, 0.29) is 11.7 Å². The zero-order valence-corrected chi connectivity index (χ0v) is 15.5. The Labute approximate surface area is 157 Å². The molecule has 1 aliphatic heterocycles. The number of fused-ring (bicyclic) bond motifs is 1. The van der Waals surface area contributed by atoms with Crippen LogP contribution < -0.4 is 14.8 Å². The predicted molar refractivity (Wildman–Crippen MR) is 102 cm³/mol. The largest absolute Gasteiger partial charge is 0.493 e. The number of nitrogens with one attached hydrogen (secondary N) is 1. The number of benzene rings is 2. The van der Waals surface area contributed by atoms with Crippen LogP contribution in [0.25, 0.3) is 0 Å². The minimum atomic E-state index is 0.0626. The maximum atomic E-state index is 12.9. The van der Waals surface area contributed by atoms with E-state index < -0.39 is 0 Å². The summed E-state index contributed by atoms with van der Waals surface area (Å²) in [6, 6.07) is 11.6. The second-order valence-electron chi connectivity index (χ2n) is 6.67. The number of methoxy groups -OCH3 is 2. The van der Waals surface area contributed by atoms with Gasteiger partial charge < -0.3 is 14.8 Å². The molecule has 0 saturated carbocycles. The number of hydrogen-bond donors (Lipinski definition) is 1. The first-order valence-electron chi connectivity index (χ1n) is 8.62. The second-order valence-corrected chi connectivity index (χ2v) is 7.11. The fraction of sp³-hybridized carbons (Fsp3) is 0.286. The fourth-order valence-corrected chi connectivity index (χ4v) is 4.12. The molecule has 5 heteroatoms. The molecule has 26 heavy (non-hydrogen) atoms. The summed E-state index contributed by atoms with van der Waals surface area (Å²) >= 11 is 6.10. The van der Waals surface area contributed by atoms with E-state index in [1.165, 1.54) is 0 Å². The van der Waals surface area contributed by atoms with E-state index >= 15 is 0 Å². The summed E-state index contributed by atoms with van der Waals surface area (Å²) in [4.78, 5) is 12.9. The van der Waals surface area contributed by atoms with Gasteiger partial charge in [-0.25, -0.2) is 0 Å². The van der Waals surface area contributed by atoms with Crippen LogP contribution in [0.15, 0.2) is 47.7 Å². The number of rotatable bonds is 3. The van der Waals surface area contributed by atoms with E-state index in [9.17, 15) is 4.79 Å². The van der Waals surface area contributed by atoms with Crippen molar-refractivity contribution >= 4 is 23.1 Å². The Morgan fingerprint density at radius 3 is 2.73 bits per heavy atom. The molecule has 0 bridgehead atoms. The van der Waals surface area contributed by atoms with E-state index in [1.54, 1.807) is 14.2 Å². The molecule has 2 aromatic carbocycles. The molecule has 0 fully saturated rings. The van der Waals surface area contributed by atoms with Gasteiger partial charge in [-0.2, -0.15) is 0 Å². The average Bonchev–Trinajstić information content (AvgIpc) is 2.66. The SMILES string of the molecule is COc1cccc(C2CC(=O)C3=C(C2)Nc2ccc(Cl)cc2C3)c1OC. The highest BCUT2D eigenvalue weighted by Crippen LogP contribution is 2.44. The lowest BCUT2D eigenvalue weighted by Gasteiger charge is -2.32. The van der Waals surface area contributed by atoms with Crippen LogP contribution in [0.4, 0.5) is 5.69 Å². The summed E-state index contributed by atoms with van der Waals surface area (Å²) in [7, 11) is 3.26. The number of allylic oxidation sites excluding steroid dienone is 2. The van der Waals surface area contributed by atoms with Gasteiger partial charge in [-0.05, 0) is 36.2 Å². The van der Waals surface area contributed by atoms with Crippen LogP contribution in [-0.4, -0.2) is 20.0 Å². The maximum Gasteiger partial charge on any atom is 0.164 e. The highest BCUT2D eigenvalue weighted by molar-refractivity contribution is 6.30. The Kier molecular flexibility index (Phi) is 4.37. The summed E-state index contributed by atoms with van der Waals surface area (Å²) in [5.74, 6) is 1.64. The highest BCUT2D eigenvalue weighted by Gasteiger charge is 2.33. The third-order valence-electron chi connectivity index (χ3n) is 5.18. The Morgan fingerprint density at radius 2 is 1.96 bits per heavy atom. The molecule has 0 spiro atoms. The summed E-state index contributed by atoms with van der Waals surface area (Å²) in [5.41, 5.74) is 4.99. The molecule has 0 radical (unpaired) electrons. The number of carbonyl (C=O) groups excluding carboxylic acids is 1. The second kappa shape index (κ2) is 6.69. The van der Waals surface area contributed by atoms with Crippen molar-refractivity contribution in [3.63, 3.8) is 0 Å².